The predicted molar refractivity (Wildman–Crippen MR) is 72.8 cm³/mol. The predicted octanol–water partition coefficient (Wildman–Crippen LogP) is 1.87. The number of pyridine rings is 1. The topological polar surface area (TPSA) is 62.4 Å². The van der Waals surface area contributed by atoms with Crippen LogP contribution in [0.2, 0.25) is 0 Å². The molecule has 0 bridgehead atoms. The first-order valence-electron chi connectivity index (χ1n) is 6.32. The Bertz CT molecular complexity index is 570. The fraction of sp³-hybridized carbons (Fsp3) is 0.357. The van der Waals surface area contributed by atoms with Gasteiger partial charge in [-0.3, -0.25) is 0 Å². The van der Waals surface area contributed by atoms with Crippen LogP contribution in [0.3, 0.4) is 0 Å². The molecule has 0 amide bonds. The summed E-state index contributed by atoms with van der Waals surface area (Å²) in [6, 6.07) is 7.57. The number of anilines is 1. The van der Waals surface area contributed by atoms with Gasteiger partial charge in [0.25, 0.3) is 0 Å². The number of aromatic hydroxyl groups is 1. The summed E-state index contributed by atoms with van der Waals surface area (Å²) in [5.41, 5.74) is 6.02. The molecule has 2 heterocycles. The molecular formula is C14H17N3O. The quantitative estimate of drug-likeness (QED) is 0.802. The van der Waals surface area contributed by atoms with Crippen LogP contribution in [0.4, 0.5) is 5.82 Å². The second kappa shape index (κ2) is 4.46. The van der Waals surface area contributed by atoms with Crippen molar-refractivity contribution in [1.82, 2.24) is 4.98 Å². The van der Waals surface area contributed by atoms with Crippen molar-refractivity contribution in [2.24, 2.45) is 5.73 Å². The highest BCUT2D eigenvalue weighted by atomic mass is 16.3. The second-order valence-electron chi connectivity index (χ2n) is 4.89. The van der Waals surface area contributed by atoms with E-state index in [0.29, 0.717) is 0 Å². The number of fused-ring (bicyclic) bond motifs is 1. The number of nitrogens with zero attached hydrogens (tertiary/aromatic N) is 2. The minimum Gasteiger partial charge on any atom is -0.508 e. The highest BCUT2D eigenvalue weighted by molar-refractivity contribution is 5.93. The van der Waals surface area contributed by atoms with E-state index in [0.717, 1.165) is 42.5 Å². The normalized spacial score (nSPS) is 20.3. The lowest BCUT2D eigenvalue weighted by Gasteiger charge is -2.32. The van der Waals surface area contributed by atoms with E-state index in [-0.39, 0.29) is 11.8 Å². The number of aromatic nitrogens is 1. The Balaban J connectivity index is 2.07. The van der Waals surface area contributed by atoms with Crippen LogP contribution in [-0.2, 0) is 0 Å². The summed E-state index contributed by atoms with van der Waals surface area (Å²) < 4.78 is 0. The number of piperidine rings is 1. The molecule has 1 fully saturated rings. The zero-order chi connectivity index (χ0) is 12.5. The van der Waals surface area contributed by atoms with Gasteiger partial charge >= 0.3 is 0 Å². The summed E-state index contributed by atoms with van der Waals surface area (Å²) in [4.78, 5) is 6.68. The zero-order valence-electron chi connectivity index (χ0n) is 10.2. The summed E-state index contributed by atoms with van der Waals surface area (Å²) in [6.07, 6.45) is 3.99. The summed E-state index contributed by atoms with van der Waals surface area (Å²) in [6.45, 7) is 1.82. The number of hydrogen-bond donors (Lipinski definition) is 2. The molecule has 1 aliphatic heterocycles. The molecule has 0 radical (unpaired) electrons. The first-order chi connectivity index (χ1) is 8.74. The van der Waals surface area contributed by atoms with E-state index in [1.54, 1.807) is 12.1 Å². The molecule has 1 saturated heterocycles. The Kier molecular flexibility index (Phi) is 2.80. The van der Waals surface area contributed by atoms with Gasteiger partial charge in [0.2, 0.25) is 0 Å². The van der Waals surface area contributed by atoms with Gasteiger partial charge in [0.15, 0.2) is 0 Å². The SMILES string of the molecule is NC1CCCN(c2nccc3ccc(O)cc23)C1. The molecule has 1 aliphatic rings. The van der Waals surface area contributed by atoms with Crippen LogP contribution < -0.4 is 10.6 Å². The van der Waals surface area contributed by atoms with Crippen molar-refractivity contribution in [3.8, 4) is 5.75 Å². The molecular weight excluding hydrogens is 226 g/mol. The van der Waals surface area contributed by atoms with Crippen LogP contribution in [0.5, 0.6) is 5.75 Å². The van der Waals surface area contributed by atoms with Gasteiger partial charge in [-0.15, -0.1) is 0 Å². The van der Waals surface area contributed by atoms with Crippen LogP contribution in [-0.4, -0.2) is 29.2 Å². The Morgan fingerprint density at radius 2 is 2.22 bits per heavy atom. The van der Waals surface area contributed by atoms with Crippen molar-refractivity contribution in [2.75, 3.05) is 18.0 Å². The molecule has 2 aromatic rings. The van der Waals surface area contributed by atoms with Gasteiger partial charge in [0.05, 0.1) is 0 Å². The van der Waals surface area contributed by atoms with Gasteiger partial charge < -0.3 is 15.7 Å². The third kappa shape index (κ3) is 1.99. The van der Waals surface area contributed by atoms with Gasteiger partial charge in [0.1, 0.15) is 11.6 Å². The average molecular weight is 243 g/mol. The van der Waals surface area contributed by atoms with E-state index in [4.69, 9.17) is 5.73 Å². The zero-order valence-corrected chi connectivity index (χ0v) is 10.2. The molecule has 1 unspecified atom stereocenters. The summed E-state index contributed by atoms with van der Waals surface area (Å²) in [5, 5.41) is 11.7. The molecule has 3 N–H and O–H groups in total. The van der Waals surface area contributed by atoms with E-state index >= 15 is 0 Å². The minimum absolute atomic E-state index is 0.216. The van der Waals surface area contributed by atoms with Crippen molar-refractivity contribution in [2.45, 2.75) is 18.9 Å². The molecule has 1 atom stereocenters. The lowest BCUT2D eigenvalue weighted by Crippen LogP contribution is -2.43. The van der Waals surface area contributed by atoms with E-state index in [2.05, 4.69) is 9.88 Å². The Labute approximate surface area is 106 Å². The first kappa shape index (κ1) is 11.3. The molecule has 4 nitrogen and oxygen atoms in total. The summed E-state index contributed by atoms with van der Waals surface area (Å²) in [7, 11) is 0. The fourth-order valence-electron chi connectivity index (χ4n) is 2.60. The second-order valence-corrected chi connectivity index (χ2v) is 4.89. The maximum atomic E-state index is 9.63. The van der Waals surface area contributed by atoms with Gasteiger partial charge in [-0.1, -0.05) is 6.07 Å². The van der Waals surface area contributed by atoms with Crippen molar-refractivity contribution < 1.29 is 5.11 Å². The van der Waals surface area contributed by atoms with Crippen molar-refractivity contribution >= 4 is 16.6 Å². The fourth-order valence-corrected chi connectivity index (χ4v) is 2.60. The highest BCUT2D eigenvalue weighted by Gasteiger charge is 2.19. The number of nitrogens with two attached hydrogens (primary N) is 1. The minimum atomic E-state index is 0.216. The van der Waals surface area contributed by atoms with Gasteiger partial charge in [0, 0.05) is 30.7 Å². The van der Waals surface area contributed by atoms with Crippen LogP contribution in [0.25, 0.3) is 10.8 Å². The van der Waals surface area contributed by atoms with Crippen LogP contribution in [0, 0.1) is 0 Å². The maximum absolute atomic E-state index is 9.63. The number of benzene rings is 1. The smallest absolute Gasteiger partial charge is 0.136 e. The lowest BCUT2D eigenvalue weighted by atomic mass is 10.1. The monoisotopic (exact) mass is 243 g/mol. The van der Waals surface area contributed by atoms with E-state index in [1.165, 1.54) is 0 Å². The molecule has 18 heavy (non-hydrogen) atoms. The van der Waals surface area contributed by atoms with Crippen molar-refractivity contribution in [3.05, 3.63) is 30.5 Å². The highest BCUT2D eigenvalue weighted by Crippen LogP contribution is 2.29. The maximum Gasteiger partial charge on any atom is 0.136 e. The molecule has 94 valence electrons. The largest absolute Gasteiger partial charge is 0.508 e. The Morgan fingerprint density at radius 1 is 1.33 bits per heavy atom. The molecule has 0 spiro atoms. The van der Waals surface area contributed by atoms with Gasteiger partial charge in [-0.05, 0) is 36.4 Å². The van der Waals surface area contributed by atoms with Gasteiger partial charge in [-0.2, -0.15) is 0 Å². The number of hydrogen-bond acceptors (Lipinski definition) is 4. The molecule has 1 aromatic heterocycles. The summed E-state index contributed by atoms with van der Waals surface area (Å²) >= 11 is 0. The Hall–Kier alpha value is -1.81. The summed E-state index contributed by atoms with van der Waals surface area (Å²) in [5.74, 6) is 1.21. The van der Waals surface area contributed by atoms with Crippen LogP contribution >= 0.6 is 0 Å². The lowest BCUT2D eigenvalue weighted by molar-refractivity contribution is 0.476. The standard InChI is InChI=1S/C14H17N3O/c15-11-2-1-7-17(9-11)14-13-8-12(18)4-3-10(13)5-6-16-14/h3-6,8,11,18H,1-2,7,9,15H2. The molecule has 0 saturated carbocycles. The first-order valence-corrected chi connectivity index (χ1v) is 6.32. The molecule has 1 aromatic carbocycles. The van der Waals surface area contributed by atoms with E-state index < -0.39 is 0 Å². The van der Waals surface area contributed by atoms with Crippen LogP contribution in [0.1, 0.15) is 12.8 Å². The van der Waals surface area contributed by atoms with E-state index in [9.17, 15) is 5.11 Å². The molecule has 4 heteroatoms. The number of rotatable bonds is 1. The third-order valence-electron chi connectivity index (χ3n) is 3.49. The van der Waals surface area contributed by atoms with Gasteiger partial charge in [-0.25, -0.2) is 4.98 Å². The molecule has 0 aliphatic carbocycles. The van der Waals surface area contributed by atoms with E-state index in [1.807, 2.05) is 18.3 Å². The average Bonchev–Trinajstić information content (AvgIpc) is 2.38. The third-order valence-corrected chi connectivity index (χ3v) is 3.49. The number of phenols is 1. The molecule has 3 rings (SSSR count). The number of phenolic OH excluding ortho intramolecular Hbond substituents is 1. The van der Waals surface area contributed by atoms with Crippen LogP contribution in [0.15, 0.2) is 30.5 Å². The van der Waals surface area contributed by atoms with Crippen molar-refractivity contribution in [1.29, 1.82) is 0 Å². The Morgan fingerprint density at radius 3 is 3.06 bits per heavy atom. The van der Waals surface area contributed by atoms with Crippen molar-refractivity contribution in [3.63, 3.8) is 0 Å².